The molecule has 0 saturated carbocycles. The third-order valence-corrected chi connectivity index (χ3v) is 6.19. The summed E-state index contributed by atoms with van der Waals surface area (Å²) in [6, 6.07) is 5.06. The zero-order valence-corrected chi connectivity index (χ0v) is 14.8. The molecule has 1 heterocycles. The fourth-order valence-electron chi connectivity index (χ4n) is 2.35. The second-order valence-electron chi connectivity index (χ2n) is 4.95. The number of sulfonamides is 1. The third kappa shape index (κ3) is 4.71. The van der Waals surface area contributed by atoms with Gasteiger partial charge in [-0.3, -0.25) is 0 Å². The first-order valence-electron chi connectivity index (χ1n) is 6.51. The number of piperidine rings is 1. The number of hydrogen-bond acceptors (Lipinski definition) is 3. The van der Waals surface area contributed by atoms with Gasteiger partial charge in [0.05, 0.1) is 5.75 Å². The second kappa shape index (κ2) is 7.99. The van der Waals surface area contributed by atoms with Gasteiger partial charge >= 0.3 is 0 Å². The lowest BCUT2D eigenvalue weighted by atomic mass is 10.1. The Hall–Kier alpha value is -0.0400. The molecule has 0 unspecified atom stereocenters. The minimum Gasteiger partial charge on any atom is -0.317 e. The van der Waals surface area contributed by atoms with Crippen molar-refractivity contribution in [3.05, 3.63) is 33.8 Å². The normalized spacial score (nSPS) is 16.8. The van der Waals surface area contributed by atoms with E-state index in [1.54, 1.807) is 25.2 Å². The Kier molecular flexibility index (Phi) is 7.24. The monoisotopic (exact) mass is 372 g/mol. The number of halogens is 3. The van der Waals surface area contributed by atoms with Crippen LogP contribution in [0.4, 0.5) is 0 Å². The highest BCUT2D eigenvalue weighted by Gasteiger charge is 2.28. The fraction of sp³-hybridized carbons (Fsp3) is 0.538. The Bertz CT molecular complexity index is 555. The van der Waals surface area contributed by atoms with Crippen LogP contribution in [0.15, 0.2) is 18.2 Å². The number of rotatable bonds is 4. The molecule has 1 N–H and O–H groups in total. The molecule has 1 aliphatic rings. The van der Waals surface area contributed by atoms with Gasteiger partial charge in [0.25, 0.3) is 0 Å². The molecule has 21 heavy (non-hydrogen) atoms. The summed E-state index contributed by atoms with van der Waals surface area (Å²) in [6.45, 7) is 1.69. The summed E-state index contributed by atoms with van der Waals surface area (Å²) in [6.07, 6.45) is 1.65. The summed E-state index contributed by atoms with van der Waals surface area (Å²) in [4.78, 5) is 0. The Labute approximate surface area is 142 Å². The highest BCUT2D eigenvalue weighted by molar-refractivity contribution is 7.88. The van der Waals surface area contributed by atoms with Crippen LogP contribution in [0, 0.1) is 0 Å². The topological polar surface area (TPSA) is 49.4 Å². The average molecular weight is 374 g/mol. The van der Waals surface area contributed by atoms with Crippen LogP contribution < -0.4 is 5.32 Å². The van der Waals surface area contributed by atoms with E-state index in [2.05, 4.69) is 5.32 Å². The summed E-state index contributed by atoms with van der Waals surface area (Å²) in [5, 5.41) is 4.00. The number of hydrogen-bond donors (Lipinski definition) is 1. The van der Waals surface area contributed by atoms with Crippen molar-refractivity contribution in [3.8, 4) is 0 Å². The van der Waals surface area contributed by atoms with Crippen molar-refractivity contribution >= 4 is 45.6 Å². The molecule has 4 nitrogen and oxygen atoms in total. The van der Waals surface area contributed by atoms with Crippen molar-refractivity contribution < 1.29 is 8.42 Å². The zero-order chi connectivity index (χ0) is 14.8. The molecule has 0 aliphatic carbocycles. The Morgan fingerprint density at radius 2 is 1.76 bits per heavy atom. The zero-order valence-electron chi connectivity index (χ0n) is 11.7. The molecule has 0 radical (unpaired) electrons. The van der Waals surface area contributed by atoms with E-state index in [1.807, 2.05) is 0 Å². The molecule has 2 rings (SSSR count). The SMILES string of the molecule is CN(C1CCNCC1)S(=O)(=O)Cc1c(Cl)cccc1Cl.Cl. The van der Waals surface area contributed by atoms with Gasteiger partial charge < -0.3 is 5.32 Å². The molecular weight excluding hydrogens is 355 g/mol. The van der Waals surface area contributed by atoms with Crippen molar-refractivity contribution in [1.82, 2.24) is 9.62 Å². The van der Waals surface area contributed by atoms with Gasteiger partial charge in [-0.25, -0.2) is 12.7 Å². The summed E-state index contributed by atoms with van der Waals surface area (Å²) < 4.78 is 26.4. The van der Waals surface area contributed by atoms with Crippen molar-refractivity contribution in [2.45, 2.75) is 24.6 Å². The molecule has 0 spiro atoms. The van der Waals surface area contributed by atoms with E-state index in [1.165, 1.54) is 4.31 Å². The second-order valence-corrected chi connectivity index (χ2v) is 7.80. The van der Waals surface area contributed by atoms with Crippen molar-refractivity contribution in [3.63, 3.8) is 0 Å². The van der Waals surface area contributed by atoms with Gasteiger partial charge in [0.1, 0.15) is 0 Å². The molecule has 0 atom stereocenters. The summed E-state index contributed by atoms with van der Waals surface area (Å²) in [5.41, 5.74) is 0.469. The molecule has 1 aromatic carbocycles. The standard InChI is InChI=1S/C13H18Cl2N2O2S.ClH/c1-17(10-5-7-16-8-6-10)20(18,19)9-11-12(14)3-2-4-13(11)15;/h2-4,10,16H,5-9H2,1H3;1H. The minimum atomic E-state index is -3.42. The smallest absolute Gasteiger partial charge is 0.218 e. The Balaban J connectivity index is 0.00000220. The first kappa shape index (κ1) is 19.0. The van der Waals surface area contributed by atoms with Gasteiger partial charge in [-0.1, -0.05) is 29.3 Å². The van der Waals surface area contributed by atoms with Crippen LogP contribution in [0.5, 0.6) is 0 Å². The third-order valence-electron chi connectivity index (χ3n) is 3.65. The van der Waals surface area contributed by atoms with E-state index in [0.29, 0.717) is 15.6 Å². The summed E-state index contributed by atoms with van der Waals surface area (Å²) >= 11 is 12.1. The molecule has 120 valence electrons. The predicted octanol–water partition coefficient (Wildman–Crippen LogP) is 2.93. The largest absolute Gasteiger partial charge is 0.317 e. The molecule has 0 bridgehead atoms. The van der Waals surface area contributed by atoms with E-state index in [-0.39, 0.29) is 24.2 Å². The Morgan fingerprint density at radius 3 is 2.29 bits per heavy atom. The maximum Gasteiger partial charge on any atom is 0.218 e. The minimum absolute atomic E-state index is 0. The van der Waals surface area contributed by atoms with E-state index in [4.69, 9.17) is 23.2 Å². The van der Waals surface area contributed by atoms with Crippen molar-refractivity contribution in [1.29, 1.82) is 0 Å². The highest BCUT2D eigenvalue weighted by atomic mass is 35.5. The van der Waals surface area contributed by atoms with Gasteiger partial charge in [-0.15, -0.1) is 12.4 Å². The average Bonchev–Trinajstić information content (AvgIpc) is 2.43. The van der Waals surface area contributed by atoms with Gasteiger partial charge in [-0.05, 0) is 38.1 Å². The van der Waals surface area contributed by atoms with Crippen LogP contribution in [0.1, 0.15) is 18.4 Å². The van der Waals surface area contributed by atoms with Crippen LogP contribution >= 0.6 is 35.6 Å². The van der Waals surface area contributed by atoms with Gasteiger partial charge in [0.2, 0.25) is 10.0 Å². The number of nitrogens with zero attached hydrogens (tertiary/aromatic N) is 1. The van der Waals surface area contributed by atoms with E-state index in [9.17, 15) is 8.42 Å². The lowest BCUT2D eigenvalue weighted by Gasteiger charge is -2.31. The molecule has 0 aromatic heterocycles. The molecule has 1 aliphatic heterocycles. The molecular formula is C13H19Cl3N2O2S. The first-order chi connectivity index (χ1) is 9.42. The van der Waals surface area contributed by atoms with Crippen LogP contribution in [-0.4, -0.2) is 38.9 Å². The molecule has 1 saturated heterocycles. The molecule has 8 heteroatoms. The van der Waals surface area contributed by atoms with Gasteiger partial charge in [0.15, 0.2) is 0 Å². The van der Waals surface area contributed by atoms with Crippen LogP contribution in [-0.2, 0) is 15.8 Å². The first-order valence-corrected chi connectivity index (χ1v) is 8.87. The quantitative estimate of drug-likeness (QED) is 0.883. The van der Waals surface area contributed by atoms with Crippen LogP contribution in [0.2, 0.25) is 10.0 Å². The lowest BCUT2D eigenvalue weighted by Crippen LogP contribution is -2.44. The predicted molar refractivity (Wildman–Crippen MR) is 90.0 cm³/mol. The van der Waals surface area contributed by atoms with E-state index >= 15 is 0 Å². The van der Waals surface area contributed by atoms with E-state index in [0.717, 1.165) is 25.9 Å². The summed E-state index contributed by atoms with van der Waals surface area (Å²) in [5.74, 6) is -0.161. The maximum absolute atomic E-state index is 12.5. The lowest BCUT2D eigenvalue weighted by molar-refractivity contribution is 0.296. The van der Waals surface area contributed by atoms with Gasteiger partial charge in [0, 0.05) is 28.7 Å². The van der Waals surface area contributed by atoms with E-state index < -0.39 is 10.0 Å². The van der Waals surface area contributed by atoms with Crippen LogP contribution in [0.3, 0.4) is 0 Å². The maximum atomic E-state index is 12.5. The molecule has 1 aromatic rings. The van der Waals surface area contributed by atoms with Crippen LogP contribution in [0.25, 0.3) is 0 Å². The Morgan fingerprint density at radius 1 is 1.24 bits per heavy atom. The molecule has 1 fully saturated rings. The summed E-state index contributed by atoms with van der Waals surface area (Å²) in [7, 11) is -1.79. The number of benzene rings is 1. The van der Waals surface area contributed by atoms with Crippen molar-refractivity contribution in [2.24, 2.45) is 0 Å². The molecule has 0 amide bonds. The fourth-order valence-corrected chi connectivity index (χ4v) is 4.59. The van der Waals surface area contributed by atoms with Crippen molar-refractivity contribution in [2.75, 3.05) is 20.1 Å². The van der Waals surface area contributed by atoms with Gasteiger partial charge in [-0.2, -0.15) is 0 Å². The highest BCUT2D eigenvalue weighted by Crippen LogP contribution is 2.28. The number of nitrogens with one attached hydrogen (secondary N) is 1.